The second kappa shape index (κ2) is 5.55. The normalized spacial score (nSPS) is 13.3. The van der Waals surface area contributed by atoms with Crippen LogP contribution in [0.2, 0.25) is 0 Å². The maximum atomic E-state index is 12.2. The van der Waals surface area contributed by atoms with Gasteiger partial charge in [0, 0.05) is 3.57 Å². The van der Waals surface area contributed by atoms with Gasteiger partial charge in [-0.1, -0.05) is 22.0 Å². The monoisotopic (exact) mass is 422 g/mol. The lowest BCUT2D eigenvalue weighted by Gasteiger charge is -2.14. The van der Waals surface area contributed by atoms with Gasteiger partial charge in [0.2, 0.25) is 0 Å². The number of ether oxygens (including phenoxy) is 1. The van der Waals surface area contributed by atoms with E-state index in [4.69, 9.17) is 0 Å². The Hall–Kier alpha value is -0.310. The van der Waals surface area contributed by atoms with E-state index in [2.05, 4.69) is 20.7 Å². The summed E-state index contributed by atoms with van der Waals surface area (Å²) in [7, 11) is 0. The predicted molar refractivity (Wildman–Crippen MR) is 68.6 cm³/mol. The molecule has 1 unspecified atom stereocenters. The van der Waals surface area contributed by atoms with E-state index in [1.807, 2.05) is 0 Å². The molecule has 0 saturated carbocycles. The Morgan fingerprint density at radius 3 is 2.53 bits per heavy atom. The summed E-state index contributed by atoms with van der Waals surface area (Å²) in [5.41, 5.74) is -0.0604. The molecule has 1 aromatic rings. The summed E-state index contributed by atoms with van der Waals surface area (Å²) in [5.74, 6) is -0.921. The number of halogens is 5. The van der Waals surface area contributed by atoms with Gasteiger partial charge < -0.3 is 4.74 Å². The third-order valence-corrected chi connectivity index (χ3v) is 3.12. The molecule has 0 saturated heterocycles. The smallest absolute Gasteiger partial charge is 0.405 e. The molecule has 1 aromatic carbocycles. The molecule has 0 fully saturated rings. The number of carbonyl (C=O) groups excluding carboxylic acids is 1. The fraction of sp³-hybridized carbons (Fsp3) is 0.300. The number of Topliss-reactive ketones (excluding diaryl/α,β-unsaturated/α-hetero) is 1. The Kier molecular flexibility index (Phi) is 4.82. The van der Waals surface area contributed by atoms with Crippen molar-refractivity contribution in [2.45, 2.75) is 18.1 Å². The van der Waals surface area contributed by atoms with Gasteiger partial charge in [0.15, 0.2) is 5.78 Å². The van der Waals surface area contributed by atoms with E-state index in [-0.39, 0.29) is 5.56 Å². The molecule has 0 bridgehead atoms. The summed E-state index contributed by atoms with van der Waals surface area (Å²) < 4.78 is 40.8. The first-order valence-corrected chi connectivity index (χ1v) is 6.44. The minimum Gasteiger partial charge on any atom is -0.405 e. The number of carbonyl (C=O) groups is 1. The predicted octanol–water partition coefficient (Wildman–Crippen LogP) is 4.16. The molecule has 7 heteroatoms. The van der Waals surface area contributed by atoms with Crippen LogP contribution in [0.15, 0.2) is 18.2 Å². The molecule has 0 heterocycles. The largest absolute Gasteiger partial charge is 0.573 e. The Balaban J connectivity index is 3.22. The van der Waals surface area contributed by atoms with E-state index in [0.29, 0.717) is 3.57 Å². The standard InChI is InChI=1S/C10H7BrF3IO2/c1-5(11)9(16)8-6(15)3-2-4-7(8)17-10(12,13)14/h2-5H,1H3. The number of hydrogen-bond donors (Lipinski definition) is 0. The fourth-order valence-corrected chi connectivity index (χ4v) is 2.12. The van der Waals surface area contributed by atoms with E-state index in [1.165, 1.54) is 6.07 Å². The lowest BCUT2D eigenvalue weighted by molar-refractivity contribution is -0.274. The maximum Gasteiger partial charge on any atom is 0.573 e. The van der Waals surface area contributed by atoms with Gasteiger partial charge in [0.25, 0.3) is 0 Å². The molecule has 17 heavy (non-hydrogen) atoms. The average Bonchev–Trinajstić information content (AvgIpc) is 2.14. The molecule has 1 atom stereocenters. The van der Waals surface area contributed by atoms with Crippen molar-refractivity contribution < 1.29 is 22.7 Å². The first-order valence-electron chi connectivity index (χ1n) is 4.45. The molecule has 0 aliphatic heterocycles. The molecule has 0 spiro atoms. The molecule has 2 nitrogen and oxygen atoms in total. The number of ketones is 1. The van der Waals surface area contributed by atoms with Crippen LogP contribution in [-0.4, -0.2) is 17.0 Å². The molecule has 0 aromatic heterocycles. The van der Waals surface area contributed by atoms with E-state index < -0.39 is 22.7 Å². The molecule has 0 amide bonds. The molecule has 0 aliphatic carbocycles. The Morgan fingerprint density at radius 1 is 1.47 bits per heavy atom. The van der Waals surface area contributed by atoms with Crippen LogP contribution in [0.1, 0.15) is 17.3 Å². The van der Waals surface area contributed by atoms with Crippen molar-refractivity contribution in [2.24, 2.45) is 0 Å². The van der Waals surface area contributed by atoms with Crippen LogP contribution in [0.4, 0.5) is 13.2 Å². The minimum atomic E-state index is -4.81. The van der Waals surface area contributed by atoms with Crippen molar-refractivity contribution in [3.8, 4) is 5.75 Å². The van der Waals surface area contributed by atoms with Crippen LogP contribution >= 0.6 is 38.5 Å². The van der Waals surface area contributed by atoms with Gasteiger partial charge in [-0.05, 0) is 41.6 Å². The van der Waals surface area contributed by atoms with Crippen LogP contribution in [0.5, 0.6) is 5.75 Å². The number of rotatable bonds is 3. The first-order chi connectivity index (χ1) is 7.72. The number of hydrogen-bond acceptors (Lipinski definition) is 2. The van der Waals surface area contributed by atoms with Gasteiger partial charge in [-0.15, -0.1) is 13.2 Å². The Bertz CT molecular complexity index is 432. The van der Waals surface area contributed by atoms with Crippen LogP contribution in [0.25, 0.3) is 0 Å². The Morgan fingerprint density at radius 2 is 2.06 bits per heavy atom. The highest BCUT2D eigenvalue weighted by Gasteiger charge is 2.33. The lowest BCUT2D eigenvalue weighted by Crippen LogP contribution is -2.21. The van der Waals surface area contributed by atoms with Crippen molar-refractivity contribution in [1.29, 1.82) is 0 Å². The molecule has 0 radical (unpaired) electrons. The van der Waals surface area contributed by atoms with E-state index >= 15 is 0 Å². The van der Waals surface area contributed by atoms with Crippen molar-refractivity contribution in [3.05, 3.63) is 27.3 Å². The summed E-state index contributed by atoms with van der Waals surface area (Å²) in [6.45, 7) is 1.54. The molecule has 0 aliphatic rings. The van der Waals surface area contributed by atoms with Gasteiger partial charge in [-0.2, -0.15) is 0 Å². The average molecular weight is 423 g/mol. The van der Waals surface area contributed by atoms with Gasteiger partial charge in [-0.3, -0.25) is 4.79 Å². The second-order valence-corrected chi connectivity index (χ2v) is 5.68. The molecule has 94 valence electrons. The van der Waals surface area contributed by atoms with Gasteiger partial charge >= 0.3 is 6.36 Å². The van der Waals surface area contributed by atoms with E-state index in [1.54, 1.807) is 35.6 Å². The van der Waals surface area contributed by atoms with E-state index in [0.717, 1.165) is 6.07 Å². The first kappa shape index (κ1) is 14.7. The zero-order valence-electron chi connectivity index (χ0n) is 8.52. The lowest BCUT2D eigenvalue weighted by atomic mass is 10.1. The third-order valence-electron chi connectivity index (χ3n) is 1.81. The molecule has 1 rings (SSSR count). The zero-order chi connectivity index (χ0) is 13.2. The highest BCUT2D eigenvalue weighted by molar-refractivity contribution is 14.1. The van der Waals surface area contributed by atoms with Crippen molar-refractivity contribution in [1.82, 2.24) is 0 Å². The molecular formula is C10H7BrF3IO2. The Labute approximate surface area is 118 Å². The number of alkyl halides is 4. The maximum absolute atomic E-state index is 12.2. The van der Waals surface area contributed by atoms with E-state index in [9.17, 15) is 18.0 Å². The van der Waals surface area contributed by atoms with Crippen molar-refractivity contribution >= 4 is 44.3 Å². The van der Waals surface area contributed by atoms with Gasteiger partial charge in [0.1, 0.15) is 5.75 Å². The zero-order valence-corrected chi connectivity index (χ0v) is 12.3. The molecule has 0 N–H and O–H groups in total. The van der Waals surface area contributed by atoms with Crippen LogP contribution in [0.3, 0.4) is 0 Å². The summed E-state index contributed by atoms with van der Waals surface area (Å²) in [4.78, 5) is 11.2. The highest BCUT2D eigenvalue weighted by Crippen LogP contribution is 2.31. The highest BCUT2D eigenvalue weighted by atomic mass is 127. The quantitative estimate of drug-likeness (QED) is 0.415. The topological polar surface area (TPSA) is 26.3 Å². The van der Waals surface area contributed by atoms with Gasteiger partial charge in [-0.25, -0.2) is 0 Å². The fourth-order valence-electron chi connectivity index (χ4n) is 1.15. The third kappa shape index (κ3) is 4.13. The summed E-state index contributed by atoms with van der Waals surface area (Å²) in [6, 6.07) is 4.07. The minimum absolute atomic E-state index is 0.0604. The van der Waals surface area contributed by atoms with Crippen molar-refractivity contribution in [2.75, 3.05) is 0 Å². The van der Waals surface area contributed by atoms with Gasteiger partial charge in [0.05, 0.1) is 10.4 Å². The SMILES string of the molecule is CC(Br)C(=O)c1c(I)cccc1OC(F)(F)F. The van der Waals surface area contributed by atoms with Crippen LogP contribution < -0.4 is 4.74 Å². The molecular weight excluding hydrogens is 416 g/mol. The van der Waals surface area contributed by atoms with Crippen LogP contribution in [0, 0.1) is 3.57 Å². The van der Waals surface area contributed by atoms with Crippen LogP contribution in [-0.2, 0) is 0 Å². The second-order valence-electron chi connectivity index (χ2n) is 3.14. The van der Waals surface area contributed by atoms with Crippen molar-refractivity contribution in [3.63, 3.8) is 0 Å². The summed E-state index contributed by atoms with van der Waals surface area (Å²) in [5, 5.41) is 0. The summed E-state index contributed by atoms with van der Waals surface area (Å²) in [6.07, 6.45) is -4.81. The summed E-state index contributed by atoms with van der Waals surface area (Å²) >= 11 is 4.83. The number of benzene rings is 1.